The lowest BCUT2D eigenvalue weighted by atomic mass is 10.0. The standard InChI is InChI=1S/C17H13N3S/c1-18-15-14-9-10-21-17(14)20-16(19-15)13-8-4-6-11-5-2-3-7-12(11)13/h2-10H,1H3,(H,18,19,20). The van der Waals surface area contributed by atoms with Crippen LogP contribution < -0.4 is 5.32 Å². The van der Waals surface area contributed by atoms with Gasteiger partial charge >= 0.3 is 0 Å². The first-order chi connectivity index (χ1) is 10.4. The Hall–Kier alpha value is -2.46. The molecule has 0 atom stereocenters. The number of rotatable bonds is 2. The molecule has 21 heavy (non-hydrogen) atoms. The van der Waals surface area contributed by atoms with E-state index >= 15 is 0 Å². The molecule has 0 saturated heterocycles. The zero-order valence-corrected chi connectivity index (χ0v) is 12.3. The van der Waals surface area contributed by atoms with Crippen molar-refractivity contribution in [1.29, 1.82) is 0 Å². The summed E-state index contributed by atoms with van der Waals surface area (Å²) >= 11 is 1.64. The molecule has 0 bridgehead atoms. The van der Waals surface area contributed by atoms with Gasteiger partial charge in [0.05, 0.1) is 5.39 Å². The monoisotopic (exact) mass is 291 g/mol. The highest BCUT2D eigenvalue weighted by Crippen LogP contribution is 2.31. The van der Waals surface area contributed by atoms with Crippen molar-refractivity contribution >= 4 is 38.1 Å². The summed E-state index contributed by atoms with van der Waals surface area (Å²) < 4.78 is 0. The summed E-state index contributed by atoms with van der Waals surface area (Å²) in [5, 5.41) is 8.68. The van der Waals surface area contributed by atoms with Gasteiger partial charge in [0, 0.05) is 12.6 Å². The van der Waals surface area contributed by atoms with Crippen molar-refractivity contribution in [2.45, 2.75) is 0 Å². The van der Waals surface area contributed by atoms with Crippen LogP contribution >= 0.6 is 11.3 Å². The van der Waals surface area contributed by atoms with E-state index in [1.54, 1.807) is 11.3 Å². The van der Waals surface area contributed by atoms with E-state index in [1.807, 2.05) is 12.4 Å². The van der Waals surface area contributed by atoms with Crippen LogP contribution in [-0.2, 0) is 0 Å². The molecule has 4 heteroatoms. The van der Waals surface area contributed by atoms with Crippen LogP contribution in [-0.4, -0.2) is 17.0 Å². The lowest BCUT2D eigenvalue weighted by Crippen LogP contribution is -1.97. The molecule has 2 heterocycles. The van der Waals surface area contributed by atoms with E-state index in [4.69, 9.17) is 9.97 Å². The van der Waals surface area contributed by atoms with Gasteiger partial charge in [-0.25, -0.2) is 9.97 Å². The van der Waals surface area contributed by atoms with Gasteiger partial charge in [0.25, 0.3) is 0 Å². The Labute approximate surface area is 126 Å². The zero-order valence-electron chi connectivity index (χ0n) is 11.5. The van der Waals surface area contributed by atoms with Gasteiger partial charge in [-0.2, -0.15) is 0 Å². The molecule has 0 fully saturated rings. The van der Waals surface area contributed by atoms with Gasteiger partial charge in [-0.05, 0) is 22.2 Å². The largest absolute Gasteiger partial charge is 0.372 e. The van der Waals surface area contributed by atoms with Crippen molar-refractivity contribution in [1.82, 2.24) is 9.97 Å². The van der Waals surface area contributed by atoms with E-state index in [-0.39, 0.29) is 0 Å². The van der Waals surface area contributed by atoms with Crippen LogP contribution in [0.5, 0.6) is 0 Å². The van der Waals surface area contributed by atoms with Crippen LogP contribution in [0.3, 0.4) is 0 Å². The first kappa shape index (κ1) is 12.3. The molecule has 4 rings (SSSR count). The maximum atomic E-state index is 4.73. The number of benzene rings is 2. The third-order valence-electron chi connectivity index (χ3n) is 3.59. The van der Waals surface area contributed by atoms with Crippen molar-refractivity contribution < 1.29 is 0 Å². The highest BCUT2D eigenvalue weighted by atomic mass is 32.1. The van der Waals surface area contributed by atoms with E-state index < -0.39 is 0 Å². The van der Waals surface area contributed by atoms with E-state index in [1.165, 1.54) is 10.8 Å². The van der Waals surface area contributed by atoms with Gasteiger partial charge in [0.15, 0.2) is 5.82 Å². The number of nitrogens with one attached hydrogen (secondary N) is 1. The summed E-state index contributed by atoms with van der Waals surface area (Å²) in [6, 6.07) is 16.6. The Bertz CT molecular complexity index is 938. The summed E-state index contributed by atoms with van der Waals surface area (Å²) in [7, 11) is 1.90. The molecule has 102 valence electrons. The summed E-state index contributed by atoms with van der Waals surface area (Å²) in [6.07, 6.45) is 0. The number of hydrogen-bond acceptors (Lipinski definition) is 4. The second-order valence-corrected chi connectivity index (χ2v) is 5.71. The molecule has 0 radical (unpaired) electrons. The average Bonchev–Trinajstić information content (AvgIpc) is 3.02. The highest BCUT2D eigenvalue weighted by molar-refractivity contribution is 7.16. The first-order valence-corrected chi connectivity index (χ1v) is 7.66. The molecule has 0 aliphatic rings. The van der Waals surface area contributed by atoms with Crippen LogP contribution in [0.15, 0.2) is 53.9 Å². The molecular weight excluding hydrogens is 278 g/mol. The van der Waals surface area contributed by atoms with E-state index in [9.17, 15) is 0 Å². The molecule has 1 N–H and O–H groups in total. The summed E-state index contributed by atoms with van der Waals surface area (Å²) in [6.45, 7) is 0. The normalized spacial score (nSPS) is 11.1. The van der Waals surface area contributed by atoms with Crippen molar-refractivity contribution in [2.75, 3.05) is 12.4 Å². The molecule has 0 spiro atoms. The molecule has 0 saturated carbocycles. The maximum absolute atomic E-state index is 4.73. The molecule has 2 aromatic carbocycles. The van der Waals surface area contributed by atoms with Gasteiger partial charge in [-0.1, -0.05) is 42.5 Å². The Kier molecular flexibility index (Phi) is 2.82. The third-order valence-corrected chi connectivity index (χ3v) is 4.40. The summed E-state index contributed by atoms with van der Waals surface area (Å²) in [5.74, 6) is 1.65. The van der Waals surface area contributed by atoms with Gasteiger partial charge in [0.2, 0.25) is 0 Å². The Morgan fingerprint density at radius 1 is 0.905 bits per heavy atom. The molecule has 0 amide bonds. The van der Waals surface area contributed by atoms with E-state index in [0.717, 1.165) is 27.4 Å². The number of aromatic nitrogens is 2. The number of hydrogen-bond donors (Lipinski definition) is 1. The number of thiophene rings is 1. The number of fused-ring (bicyclic) bond motifs is 2. The maximum Gasteiger partial charge on any atom is 0.163 e. The molecule has 0 aliphatic heterocycles. The lowest BCUT2D eigenvalue weighted by Gasteiger charge is -2.08. The Balaban J connectivity index is 2.04. The predicted molar refractivity (Wildman–Crippen MR) is 89.9 cm³/mol. The van der Waals surface area contributed by atoms with Crippen LogP contribution in [0.4, 0.5) is 5.82 Å². The zero-order chi connectivity index (χ0) is 14.2. The minimum absolute atomic E-state index is 0.770. The molecule has 4 aromatic rings. The SMILES string of the molecule is CNc1nc(-c2cccc3ccccc23)nc2sccc12. The van der Waals surface area contributed by atoms with Gasteiger partial charge in [0.1, 0.15) is 10.6 Å². The number of nitrogens with zero attached hydrogens (tertiary/aromatic N) is 2. The smallest absolute Gasteiger partial charge is 0.163 e. The second kappa shape index (κ2) is 4.82. The first-order valence-electron chi connectivity index (χ1n) is 6.78. The highest BCUT2D eigenvalue weighted by Gasteiger charge is 2.11. The topological polar surface area (TPSA) is 37.8 Å². The van der Waals surface area contributed by atoms with Crippen LogP contribution in [0.25, 0.3) is 32.4 Å². The third kappa shape index (κ3) is 1.96. The quantitative estimate of drug-likeness (QED) is 0.588. The van der Waals surface area contributed by atoms with Crippen molar-refractivity contribution in [3.63, 3.8) is 0 Å². The van der Waals surface area contributed by atoms with E-state index in [0.29, 0.717) is 0 Å². The van der Waals surface area contributed by atoms with Crippen molar-refractivity contribution in [3.05, 3.63) is 53.9 Å². The molecule has 3 nitrogen and oxygen atoms in total. The van der Waals surface area contributed by atoms with Crippen LogP contribution in [0, 0.1) is 0 Å². The van der Waals surface area contributed by atoms with Gasteiger partial charge in [-0.3, -0.25) is 0 Å². The van der Waals surface area contributed by atoms with E-state index in [2.05, 4.69) is 53.8 Å². The molecular formula is C17H13N3S. The fraction of sp³-hybridized carbons (Fsp3) is 0.0588. The lowest BCUT2D eigenvalue weighted by molar-refractivity contribution is 1.23. The number of anilines is 1. The fourth-order valence-corrected chi connectivity index (χ4v) is 3.35. The summed E-state index contributed by atoms with van der Waals surface area (Å²) in [4.78, 5) is 10.4. The van der Waals surface area contributed by atoms with Crippen molar-refractivity contribution in [3.8, 4) is 11.4 Å². The second-order valence-electron chi connectivity index (χ2n) is 4.81. The Morgan fingerprint density at radius 3 is 2.67 bits per heavy atom. The van der Waals surface area contributed by atoms with Crippen molar-refractivity contribution in [2.24, 2.45) is 0 Å². The van der Waals surface area contributed by atoms with Gasteiger partial charge < -0.3 is 5.32 Å². The molecule has 2 aromatic heterocycles. The van der Waals surface area contributed by atoms with Gasteiger partial charge in [-0.15, -0.1) is 11.3 Å². The minimum atomic E-state index is 0.770. The summed E-state index contributed by atoms with van der Waals surface area (Å²) in [5.41, 5.74) is 1.07. The minimum Gasteiger partial charge on any atom is -0.372 e. The average molecular weight is 291 g/mol. The molecule has 0 unspecified atom stereocenters. The van der Waals surface area contributed by atoms with Crippen LogP contribution in [0.1, 0.15) is 0 Å². The predicted octanol–water partition coefficient (Wildman–Crippen LogP) is 4.55. The Morgan fingerprint density at radius 2 is 1.76 bits per heavy atom. The molecule has 0 aliphatic carbocycles. The fourth-order valence-electron chi connectivity index (χ4n) is 2.59. The van der Waals surface area contributed by atoms with Crippen LogP contribution in [0.2, 0.25) is 0 Å².